The van der Waals surface area contributed by atoms with Gasteiger partial charge in [0, 0.05) is 12.5 Å². The standard InChI is InChI=1S/C38H76NO15Si/c1-4-5-6-7-8-9-10-11-12-13-14-15-16-17-18-19-21-39(2,3)22-20-23-55(49-24-27-30(40)33(43)36(46)52-27,50-25-28-31(41)34(44)37(47)53-28)51-26-29-32(42)35(45)38(48)54-29/h27-38,40-48H,4-26H2,1-3H3/q+1. The Labute approximate surface area is 329 Å². The van der Waals surface area contributed by atoms with E-state index in [2.05, 4.69) is 21.0 Å². The summed E-state index contributed by atoms with van der Waals surface area (Å²) in [5.41, 5.74) is 0. The minimum Gasteiger partial charge on any atom is -0.387 e. The van der Waals surface area contributed by atoms with E-state index in [0.29, 0.717) is 17.4 Å². The van der Waals surface area contributed by atoms with Crippen molar-refractivity contribution in [1.29, 1.82) is 0 Å². The number of rotatable bonds is 30. The van der Waals surface area contributed by atoms with Crippen LogP contribution >= 0.6 is 0 Å². The molecule has 0 radical (unpaired) electrons. The van der Waals surface area contributed by atoms with Crippen molar-refractivity contribution in [2.75, 3.05) is 47.0 Å². The lowest BCUT2D eigenvalue weighted by molar-refractivity contribution is -0.890. The molecule has 3 aliphatic heterocycles. The first-order valence-corrected chi connectivity index (χ1v) is 23.0. The molecule has 3 heterocycles. The highest BCUT2D eigenvalue weighted by atomic mass is 28.4. The summed E-state index contributed by atoms with van der Waals surface area (Å²) in [6.45, 7) is 2.77. The van der Waals surface area contributed by atoms with Gasteiger partial charge in [0.2, 0.25) is 0 Å². The molecule has 17 heteroatoms. The second-order valence-electron chi connectivity index (χ2n) is 16.5. The van der Waals surface area contributed by atoms with E-state index in [1.807, 2.05) is 0 Å². The van der Waals surface area contributed by atoms with Crippen molar-refractivity contribution in [3.63, 3.8) is 0 Å². The lowest BCUT2D eigenvalue weighted by atomic mass is 10.0. The van der Waals surface area contributed by atoms with E-state index in [9.17, 15) is 46.0 Å². The SMILES string of the molecule is CCCCCCCCCCCCCCCCCC[N+](C)(C)CCC[Si](OCC1OC(O)C(O)C1O)(OCC1OC(O)C(O)C1O)OCC1OC(O)C(O)C1O. The van der Waals surface area contributed by atoms with Crippen molar-refractivity contribution in [2.24, 2.45) is 0 Å². The number of aliphatic hydroxyl groups is 9. The average molecular weight is 815 g/mol. The first-order valence-electron chi connectivity index (χ1n) is 21.0. The predicted molar refractivity (Wildman–Crippen MR) is 203 cm³/mol. The van der Waals surface area contributed by atoms with E-state index >= 15 is 0 Å². The van der Waals surface area contributed by atoms with Gasteiger partial charge in [0.05, 0.1) is 47.0 Å². The van der Waals surface area contributed by atoms with Crippen LogP contribution in [0.15, 0.2) is 0 Å². The van der Waals surface area contributed by atoms with E-state index in [0.717, 1.165) is 19.4 Å². The summed E-state index contributed by atoms with van der Waals surface area (Å²) in [6.07, 6.45) is 3.90. The minimum atomic E-state index is -3.97. The van der Waals surface area contributed by atoms with Crippen LogP contribution in [0.5, 0.6) is 0 Å². The van der Waals surface area contributed by atoms with E-state index in [1.54, 1.807) is 0 Å². The lowest BCUT2D eigenvalue weighted by Crippen LogP contribution is -2.53. The van der Waals surface area contributed by atoms with Gasteiger partial charge in [0.15, 0.2) is 18.9 Å². The highest BCUT2D eigenvalue weighted by Crippen LogP contribution is 2.29. The molecule has 3 saturated heterocycles. The molecule has 3 fully saturated rings. The number of quaternary nitrogens is 1. The third-order valence-corrected chi connectivity index (χ3v) is 14.1. The zero-order valence-corrected chi connectivity index (χ0v) is 34.6. The summed E-state index contributed by atoms with van der Waals surface area (Å²) in [5, 5.41) is 91.2. The van der Waals surface area contributed by atoms with Crippen LogP contribution in [0.4, 0.5) is 0 Å². The Kier molecular flexibility index (Phi) is 22.5. The summed E-state index contributed by atoms with van der Waals surface area (Å²) in [5.74, 6) is 0. The van der Waals surface area contributed by atoms with Crippen molar-refractivity contribution in [1.82, 2.24) is 0 Å². The van der Waals surface area contributed by atoms with Crippen LogP contribution in [0.3, 0.4) is 0 Å². The van der Waals surface area contributed by atoms with E-state index in [-0.39, 0.29) is 25.9 Å². The highest BCUT2D eigenvalue weighted by molar-refractivity contribution is 6.60. The van der Waals surface area contributed by atoms with Gasteiger partial charge >= 0.3 is 8.80 Å². The number of aliphatic hydroxyl groups excluding tert-OH is 9. The van der Waals surface area contributed by atoms with Gasteiger partial charge in [-0.05, 0) is 12.8 Å². The topological polar surface area (TPSA) is 237 Å². The molecule has 3 aliphatic rings. The molecule has 0 bridgehead atoms. The van der Waals surface area contributed by atoms with Gasteiger partial charge in [-0.25, -0.2) is 0 Å². The van der Waals surface area contributed by atoms with Crippen molar-refractivity contribution in [3.05, 3.63) is 0 Å². The third-order valence-electron chi connectivity index (χ3n) is 11.3. The zero-order valence-electron chi connectivity index (χ0n) is 33.6. The molecule has 326 valence electrons. The van der Waals surface area contributed by atoms with Crippen LogP contribution in [0.1, 0.15) is 116 Å². The zero-order chi connectivity index (χ0) is 40.4. The second kappa shape index (κ2) is 25.3. The number of hydrogen-bond acceptors (Lipinski definition) is 15. The molecule has 12 atom stereocenters. The Bertz CT molecular complexity index is 940. The van der Waals surface area contributed by atoms with Crippen molar-refractivity contribution >= 4 is 8.80 Å². The van der Waals surface area contributed by atoms with Crippen LogP contribution < -0.4 is 0 Å². The van der Waals surface area contributed by atoms with Gasteiger partial charge in [-0.2, -0.15) is 0 Å². The average Bonchev–Trinajstić information content (AvgIpc) is 3.66. The molecule has 0 aromatic heterocycles. The molecular formula is C38H76NO15Si+. The smallest absolute Gasteiger partial charge is 0.387 e. The summed E-state index contributed by atoms with van der Waals surface area (Å²) >= 11 is 0. The van der Waals surface area contributed by atoms with Crippen LogP contribution in [-0.4, -0.2) is 180 Å². The maximum Gasteiger partial charge on any atom is 0.501 e. The summed E-state index contributed by atoms with van der Waals surface area (Å²) in [4.78, 5) is 0. The summed E-state index contributed by atoms with van der Waals surface area (Å²) in [7, 11) is 0.308. The second-order valence-corrected chi connectivity index (χ2v) is 19.3. The van der Waals surface area contributed by atoms with E-state index < -0.39 is 82.6 Å². The van der Waals surface area contributed by atoms with Crippen molar-refractivity contribution < 1.29 is 77.9 Å². The van der Waals surface area contributed by atoms with Gasteiger partial charge in [-0.1, -0.05) is 96.8 Å². The van der Waals surface area contributed by atoms with Crippen LogP contribution in [0.2, 0.25) is 6.04 Å². The molecule has 16 nitrogen and oxygen atoms in total. The van der Waals surface area contributed by atoms with Gasteiger partial charge in [0.25, 0.3) is 0 Å². The van der Waals surface area contributed by atoms with Crippen LogP contribution in [0, 0.1) is 0 Å². The number of ether oxygens (including phenoxy) is 3. The molecule has 55 heavy (non-hydrogen) atoms. The Morgan fingerprint density at radius 1 is 0.418 bits per heavy atom. The molecule has 0 amide bonds. The molecule has 0 aliphatic carbocycles. The summed E-state index contributed by atoms with van der Waals surface area (Å²) in [6, 6.07) is 0.184. The highest BCUT2D eigenvalue weighted by Gasteiger charge is 2.51. The Balaban J connectivity index is 1.50. The molecule has 3 rings (SSSR count). The molecule has 0 aromatic carbocycles. The van der Waals surface area contributed by atoms with E-state index in [4.69, 9.17) is 27.5 Å². The largest absolute Gasteiger partial charge is 0.501 e. The maximum absolute atomic E-state index is 10.4. The van der Waals surface area contributed by atoms with Crippen molar-refractivity contribution in [2.45, 2.75) is 196 Å². The molecule has 12 unspecified atom stereocenters. The molecule has 0 saturated carbocycles. The van der Waals surface area contributed by atoms with Gasteiger partial charge in [-0.3, -0.25) is 0 Å². The first kappa shape index (κ1) is 48.9. The molecule has 0 aromatic rings. The fourth-order valence-corrected chi connectivity index (χ4v) is 10.0. The number of hydrogen-bond donors (Lipinski definition) is 9. The van der Waals surface area contributed by atoms with Gasteiger partial charge in [-0.15, -0.1) is 0 Å². The maximum atomic E-state index is 10.4. The van der Waals surface area contributed by atoms with Crippen LogP contribution in [-0.2, 0) is 27.5 Å². The summed E-state index contributed by atoms with van der Waals surface area (Å²) < 4.78 is 35.3. The third kappa shape index (κ3) is 16.6. The Morgan fingerprint density at radius 2 is 0.709 bits per heavy atom. The first-order chi connectivity index (χ1) is 26.2. The minimum absolute atomic E-state index is 0.184. The Hall–Kier alpha value is -0.423. The van der Waals surface area contributed by atoms with Gasteiger partial charge < -0.3 is 77.9 Å². The lowest BCUT2D eigenvalue weighted by Gasteiger charge is -2.35. The normalized spacial score (nSPS) is 33.8. The van der Waals surface area contributed by atoms with Crippen molar-refractivity contribution in [3.8, 4) is 0 Å². The fourth-order valence-electron chi connectivity index (χ4n) is 7.49. The monoisotopic (exact) mass is 814 g/mol. The van der Waals surface area contributed by atoms with Gasteiger partial charge in [0.1, 0.15) is 54.9 Å². The predicted octanol–water partition coefficient (Wildman–Crippen LogP) is 1.02. The fraction of sp³-hybridized carbons (Fsp3) is 1.00. The quantitative estimate of drug-likeness (QED) is 0.0280. The Morgan fingerprint density at radius 3 is 1.00 bits per heavy atom. The van der Waals surface area contributed by atoms with E-state index in [1.165, 1.54) is 89.9 Å². The molecule has 9 N–H and O–H groups in total. The molecular weight excluding hydrogens is 738 g/mol. The molecule has 0 spiro atoms. The van der Waals surface area contributed by atoms with Crippen LogP contribution in [0.25, 0.3) is 0 Å². The number of unbranched alkanes of at least 4 members (excludes halogenated alkanes) is 15. The number of nitrogens with zero attached hydrogens (tertiary/aromatic N) is 1.